The molecule has 1 aromatic heterocycles. The average Bonchev–Trinajstić information content (AvgIpc) is 2.70. The molecule has 1 unspecified atom stereocenters. The number of carbonyl (C=O) groups excluding carboxylic acids is 3. The molecule has 2 heterocycles. The zero-order valence-corrected chi connectivity index (χ0v) is 14.9. The van der Waals surface area contributed by atoms with Crippen molar-refractivity contribution in [1.82, 2.24) is 9.88 Å². The van der Waals surface area contributed by atoms with Crippen LogP contribution in [0.25, 0.3) is 0 Å². The third-order valence-electron chi connectivity index (χ3n) is 4.54. The van der Waals surface area contributed by atoms with Crippen molar-refractivity contribution < 1.29 is 19.1 Å². The van der Waals surface area contributed by atoms with Gasteiger partial charge in [-0.15, -0.1) is 0 Å². The van der Waals surface area contributed by atoms with Crippen LogP contribution in [-0.4, -0.2) is 46.7 Å². The van der Waals surface area contributed by atoms with E-state index in [1.54, 1.807) is 25.7 Å². The molecule has 2 rings (SSSR count). The van der Waals surface area contributed by atoms with Crippen LogP contribution < -0.4 is 0 Å². The van der Waals surface area contributed by atoms with Gasteiger partial charge < -0.3 is 14.6 Å². The van der Waals surface area contributed by atoms with Gasteiger partial charge in [0, 0.05) is 24.3 Å². The van der Waals surface area contributed by atoms with E-state index in [4.69, 9.17) is 4.74 Å². The number of ketones is 1. The molecule has 1 atom stereocenters. The normalized spacial score (nSPS) is 16.4. The molecular formula is C18H26N2O4. The first-order valence-corrected chi connectivity index (χ1v) is 8.52. The van der Waals surface area contributed by atoms with Crippen molar-refractivity contribution in [3.63, 3.8) is 0 Å². The van der Waals surface area contributed by atoms with Crippen molar-refractivity contribution in [3.05, 3.63) is 22.5 Å². The second-order valence-electron chi connectivity index (χ2n) is 6.47. The van der Waals surface area contributed by atoms with Crippen LogP contribution in [-0.2, 0) is 9.53 Å². The minimum absolute atomic E-state index is 0.103. The SMILES string of the molecule is CC(=O)c1c(C)[nH]c(C(=O)OC(C)C(=O)N2CCCCCC2)c1C. The molecule has 6 heteroatoms. The van der Waals surface area contributed by atoms with Gasteiger partial charge in [-0.3, -0.25) is 9.59 Å². The van der Waals surface area contributed by atoms with E-state index < -0.39 is 12.1 Å². The number of hydrogen-bond donors (Lipinski definition) is 1. The third-order valence-corrected chi connectivity index (χ3v) is 4.54. The maximum Gasteiger partial charge on any atom is 0.355 e. The van der Waals surface area contributed by atoms with E-state index in [-0.39, 0.29) is 17.4 Å². The number of carbonyl (C=O) groups is 3. The van der Waals surface area contributed by atoms with Crippen molar-refractivity contribution in [2.45, 2.75) is 59.5 Å². The highest BCUT2D eigenvalue weighted by atomic mass is 16.5. The number of rotatable bonds is 4. The molecule has 0 bridgehead atoms. The largest absolute Gasteiger partial charge is 0.448 e. The van der Waals surface area contributed by atoms with Gasteiger partial charge in [0.25, 0.3) is 5.91 Å². The quantitative estimate of drug-likeness (QED) is 0.678. The number of aromatic nitrogens is 1. The minimum Gasteiger partial charge on any atom is -0.448 e. The van der Waals surface area contributed by atoms with Gasteiger partial charge in [-0.05, 0) is 46.1 Å². The van der Waals surface area contributed by atoms with Gasteiger partial charge in [0.2, 0.25) is 0 Å². The maximum absolute atomic E-state index is 12.5. The zero-order valence-electron chi connectivity index (χ0n) is 14.9. The molecule has 0 aliphatic carbocycles. The number of amides is 1. The van der Waals surface area contributed by atoms with Crippen LogP contribution in [0.2, 0.25) is 0 Å². The van der Waals surface area contributed by atoms with Crippen LogP contribution >= 0.6 is 0 Å². The summed E-state index contributed by atoms with van der Waals surface area (Å²) in [5.74, 6) is -0.856. The number of ether oxygens (including phenoxy) is 1. The van der Waals surface area contributed by atoms with Crippen LogP contribution in [0.3, 0.4) is 0 Å². The summed E-state index contributed by atoms with van der Waals surface area (Å²) in [5.41, 5.74) is 1.96. The summed E-state index contributed by atoms with van der Waals surface area (Å²) in [6, 6.07) is 0. The number of esters is 1. The highest BCUT2D eigenvalue weighted by Gasteiger charge is 2.27. The first-order valence-electron chi connectivity index (χ1n) is 8.52. The van der Waals surface area contributed by atoms with E-state index in [2.05, 4.69) is 4.98 Å². The van der Waals surface area contributed by atoms with Crippen LogP contribution in [0.4, 0.5) is 0 Å². The molecule has 1 amide bonds. The number of hydrogen-bond acceptors (Lipinski definition) is 4. The van der Waals surface area contributed by atoms with Crippen molar-refractivity contribution in [3.8, 4) is 0 Å². The molecule has 1 saturated heterocycles. The Morgan fingerprint density at radius 1 is 1.08 bits per heavy atom. The third kappa shape index (κ3) is 3.86. The van der Waals surface area contributed by atoms with Gasteiger partial charge in [-0.1, -0.05) is 12.8 Å². The standard InChI is InChI=1S/C18H26N2O4/c1-11-15(13(3)21)12(2)19-16(11)18(23)24-14(4)17(22)20-9-7-5-6-8-10-20/h14,19H,5-10H2,1-4H3. The molecule has 132 valence electrons. The van der Waals surface area contributed by atoms with E-state index in [1.807, 2.05) is 0 Å². The summed E-state index contributed by atoms with van der Waals surface area (Å²) < 4.78 is 5.35. The Kier molecular flexibility index (Phi) is 5.80. The van der Waals surface area contributed by atoms with Crippen LogP contribution in [0.15, 0.2) is 0 Å². The number of nitrogens with one attached hydrogen (secondary N) is 1. The second kappa shape index (κ2) is 7.64. The molecule has 6 nitrogen and oxygen atoms in total. The fraction of sp³-hybridized carbons (Fsp3) is 0.611. The molecule has 0 aromatic carbocycles. The van der Waals surface area contributed by atoms with E-state index in [0.717, 1.165) is 38.8 Å². The Balaban J connectivity index is 2.07. The fourth-order valence-electron chi connectivity index (χ4n) is 3.30. The lowest BCUT2D eigenvalue weighted by molar-refractivity contribution is -0.139. The summed E-state index contributed by atoms with van der Waals surface area (Å²) in [6.45, 7) is 7.95. The highest BCUT2D eigenvalue weighted by molar-refractivity contribution is 6.01. The Morgan fingerprint density at radius 2 is 1.67 bits per heavy atom. The predicted molar refractivity (Wildman–Crippen MR) is 90.2 cm³/mol. The summed E-state index contributed by atoms with van der Waals surface area (Å²) in [4.78, 5) is 41.2. The number of aromatic amines is 1. The van der Waals surface area contributed by atoms with Crippen LogP contribution in [0.5, 0.6) is 0 Å². The molecule has 0 radical (unpaired) electrons. The Labute approximate surface area is 142 Å². The number of likely N-dealkylation sites (tertiary alicyclic amines) is 1. The summed E-state index contributed by atoms with van der Waals surface area (Å²) in [6.07, 6.45) is 3.41. The lowest BCUT2D eigenvalue weighted by atomic mass is 10.1. The summed E-state index contributed by atoms with van der Waals surface area (Å²) >= 11 is 0. The lowest BCUT2D eigenvalue weighted by Crippen LogP contribution is -2.40. The predicted octanol–water partition coefficient (Wildman–Crippen LogP) is 2.78. The monoisotopic (exact) mass is 334 g/mol. The van der Waals surface area contributed by atoms with Crippen molar-refractivity contribution >= 4 is 17.7 Å². The molecule has 24 heavy (non-hydrogen) atoms. The zero-order chi connectivity index (χ0) is 17.9. The molecular weight excluding hydrogens is 308 g/mol. The van der Waals surface area contributed by atoms with Gasteiger partial charge in [-0.2, -0.15) is 0 Å². The van der Waals surface area contributed by atoms with E-state index in [1.165, 1.54) is 6.92 Å². The van der Waals surface area contributed by atoms with Crippen LogP contribution in [0.1, 0.15) is 71.6 Å². The molecule has 1 aliphatic heterocycles. The first-order chi connectivity index (χ1) is 11.3. The summed E-state index contributed by atoms with van der Waals surface area (Å²) in [5, 5.41) is 0. The number of Topliss-reactive ketones (excluding diaryl/α,β-unsaturated/α-hetero) is 1. The molecule has 1 fully saturated rings. The molecule has 0 spiro atoms. The highest BCUT2D eigenvalue weighted by Crippen LogP contribution is 2.20. The fourth-order valence-corrected chi connectivity index (χ4v) is 3.30. The van der Waals surface area contributed by atoms with Gasteiger partial charge >= 0.3 is 5.97 Å². The molecule has 1 N–H and O–H groups in total. The van der Waals surface area contributed by atoms with Gasteiger partial charge in [0.05, 0.1) is 0 Å². The maximum atomic E-state index is 12.5. The molecule has 1 aromatic rings. The van der Waals surface area contributed by atoms with Gasteiger partial charge in [-0.25, -0.2) is 4.79 Å². The van der Waals surface area contributed by atoms with Crippen molar-refractivity contribution in [1.29, 1.82) is 0 Å². The Bertz CT molecular complexity index is 640. The Hall–Kier alpha value is -2.11. The topological polar surface area (TPSA) is 79.5 Å². The molecule has 1 aliphatic rings. The molecule has 0 saturated carbocycles. The average molecular weight is 334 g/mol. The summed E-state index contributed by atoms with van der Waals surface area (Å²) in [7, 11) is 0. The van der Waals surface area contributed by atoms with E-state index in [0.29, 0.717) is 16.8 Å². The van der Waals surface area contributed by atoms with Crippen molar-refractivity contribution in [2.75, 3.05) is 13.1 Å². The Morgan fingerprint density at radius 3 is 2.17 bits per heavy atom. The van der Waals surface area contributed by atoms with E-state index in [9.17, 15) is 14.4 Å². The number of nitrogens with zero attached hydrogens (tertiary/aromatic N) is 1. The van der Waals surface area contributed by atoms with Crippen molar-refractivity contribution in [2.24, 2.45) is 0 Å². The second-order valence-corrected chi connectivity index (χ2v) is 6.47. The number of aryl methyl sites for hydroxylation is 1. The number of H-pyrrole nitrogens is 1. The van der Waals surface area contributed by atoms with Gasteiger partial charge in [0.15, 0.2) is 11.9 Å². The van der Waals surface area contributed by atoms with E-state index >= 15 is 0 Å². The van der Waals surface area contributed by atoms with Crippen LogP contribution in [0, 0.1) is 13.8 Å². The minimum atomic E-state index is -0.834. The smallest absolute Gasteiger partial charge is 0.355 e. The van der Waals surface area contributed by atoms with Gasteiger partial charge in [0.1, 0.15) is 5.69 Å². The lowest BCUT2D eigenvalue weighted by Gasteiger charge is -2.23. The first kappa shape index (κ1) is 18.2.